The molecule has 0 fully saturated rings. The van der Waals surface area contributed by atoms with Crippen molar-refractivity contribution >= 4 is 19.8 Å². The van der Waals surface area contributed by atoms with Gasteiger partial charge in [0.1, 0.15) is 19.8 Å². The van der Waals surface area contributed by atoms with Gasteiger partial charge in [0.25, 0.3) is 7.82 Å². The van der Waals surface area contributed by atoms with E-state index in [0.29, 0.717) is 17.4 Å². The predicted molar refractivity (Wildman–Crippen MR) is 208 cm³/mol. The first kappa shape index (κ1) is 49.5. The molecule has 10 heteroatoms. The van der Waals surface area contributed by atoms with E-state index in [1.807, 2.05) is 27.2 Å². The number of phosphoric ester groups is 1. The van der Waals surface area contributed by atoms with Gasteiger partial charge >= 0.3 is 11.9 Å². The second kappa shape index (κ2) is 34.3. The van der Waals surface area contributed by atoms with Crippen molar-refractivity contribution in [3.8, 4) is 0 Å². The Kier molecular flexibility index (Phi) is 33.3. The van der Waals surface area contributed by atoms with Crippen LogP contribution in [0.3, 0.4) is 0 Å². The molecule has 0 radical (unpaired) electrons. The molecule has 0 aromatic carbocycles. The number of nitrogens with zero attached hydrogens (tertiary/aromatic N) is 1. The van der Waals surface area contributed by atoms with Gasteiger partial charge in [-0.05, 0) is 51.4 Å². The fourth-order valence-corrected chi connectivity index (χ4v) is 6.30. The number of carbonyl (C=O) groups excluding carboxylic acids is 2. The molecule has 0 bridgehead atoms. The minimum absolute atomic E-state index is 0.0316. The number of quaternary nitrogens is 1. The highest BCUT2D eigenvalue weighted by atomic mass is 31.2. The maximum Gasteiger partial charge on any atom is 0.306 e. The van der Waals surface area contributed by atoms with Gasteiger partial charge in [-0.2, -0.15) is 0 Å². The summed E-state index contributed by atoms with van der Waals surface area (Å²) in [6.45, 7) is 5.71. The average molecular weight is 744 g/mol. The third kappa shape index (κ3) is 38.0. The molecule has 0 rings (SSSR count). The van der Waals surface area contributed by atoms with Crippen molar-refractivity contribution in [1.29, 1.82) is 0 Å². The van der Waals surface area contributed by atoms with Gasteiger partial charge in [0.05, 0.1) is 27.7 Å². The van der Waals surface area contributed by atoms with E-state index in [1.54, 1.807) is 0 Å². The van der Waals surface area contributed by atoms with Crippen molar-refractivity contribution in [3.05, 3.63) is 24.8 Å². The van der Waals surface area contributed by atoms with Crippen LogP contribution in [-0.4, -0.2) is 70.0 Å². The number of hydrogen-bond acceptors (Lipinski definition) is 8. The van der Waals surface area contributed by atoms with E-state index < -0.39 is 32.5 Å². The second-order valence-electron chi connectivity index (χ2n) is 15.1. The number of phosphoric acid groups is 1. The Morgan fingerprint density at radius 3 is 1.59 bits per heavy atom. The lowest BCUT2D eigenvalue weighted by atomic mass is 10.0. The zero-order valence-electron chi connectivity index (χ0n) is 33.4. The van der Waals surface area contributed by atoms with E-state index in [2.05, 4.69) is 25.7 Å². The summed E-state index contributed by atoms with van der Waals surface area (Å²) in [5.74, 6) is -0.846. The van der Waals surface area contributed by atoms with Crippen LogP contribution >= 0.6 is 7.82 Å². The molecule has 0 aromatic heterocycles. The number of likely N-dealkylation sites (N-methyl/N-ethyl adjacent to an activating group) is 1. The molecule has 2 atom stereocenters. The number of allylic oxidation sites excluding steroid dienone is 3. The van der Waals surface area contributed by atoms with Crippen molar-refractivity contribution < 1.29 is 42.1 Å². The third-order valence-corrected chi connectivity index (χ3v) is 9.80. The Balaban J connectivity index is 4.38. The molecule has 51 heavy (non-hydrogen) atoms. The molecular weight excluding hydrogens is 665 g/mol. The van der Waals surface area contributed by atoms with Crippen LogP contribution < -0.4 is 4.89 Å². The Labute approximate surface area is 313 Å². The van der Waals surface area contributed by atoms with Gasteiger partial charge in [0.2, 0.25) is 0 Å². The number of carbonyl (C=O) groups is 2. The fourth-order valence-electron chi connectivity index (χ4n) is 5.57. The van der Waals surface area contributed by atoms with Crippen molar-refractivity contribution in [2.24, 2.45) is 0 Å². The van der Waals surface area contributed by atoms with Crippen LogP contribution in [0.5, 0.6) is 0 Å². The summed E-state index contributed by atoms with van der Waals surface area (Å²) in [4.78, 5) is 37.4. The maximum absolute atomic E-state index is 12.6. The minimum atomic E-state index is -4.62. The fraction of sp³-hybridized carbons (Fsp3) is 0.854. The van der Waals surface area contributed by atoms with Gasteiger partial charge in [0, 0.05) is 12.8 Å². The summed E-state index contributed by atoms with van der Waals surface area (Å²) < 4.78 is 33.8. The lowest BCUT2D eigenvalue weighted by molar-refractivity contribution is -0.870. The van der Waals surface area contributed by atoms with Crippen LogP contribution in [0.4, 0.5) is 0 Å². The number of esters is 2. The van der Waals surface area contributed by atoms with Crippen molar-refractivity contribution in [2.45, 2.75) is 180 Å². The highest BCUT2D eigenvalue weighted by Gasteiger charge is 2.21. The quantitative estimate of drug-likeness (QED) is 0.0202. The number of rotatable bonds is 38. The topological polar surface area (TPSA) is 111 Å². The first-order valence-corrected chi connectivity index (χ1v) is 22.0. The van der Waals surface area contributed by atoms with Crippen LogP contribution in [0.25, 0.3) is 0 Å². The average Bonchev–Trinajstić information content (AvgIpc) is 3.07. The van der Waals surface area contributed by atoms with Crippen molar-refractivity contribution in [1.82, 2.24) is 0 Å². The molecule has 0 saturated carbocycles. The van der Waals surface area contributed by atoms with E-state index in [0.717, 1.165) is 64.2 Å². The Bertz CT molecular complexity index is 920. The van der Waals surface area contributed by atoms with Gasteiger partial charge in [-0.1, -0.05) is 128 Å². The van der Waals surface area contributed by atoms with E-state index >= 15 is 0 Å². The van der Waals surface area contributed by atoms with E-state index in [4.69, 9.17) is 18.5 Å². The van der Waals surface area contributed by atoms with Gasteiger partial charge in [-0.3, -0.25) is 14.2 Å². The summed E-state index contributed by atoms with van der Waals surface area (Å²) in [7, 11) is 1.16. The summed E-state index contributed by atoms with van der Waals surface area (Å²) in [5.41, 5.74) is 0. The zero-order chi connectivity index (χ0) is 37.9. The van der Waals surface area contributed by atoms with Crippen molar-refractivity contribution in [3.63, 3.8) is 0 Å². The lowest BCUT2D eigenvalue weighted by Gasteiger charge is -2.28. The van der Waals surface area contributed by atoms with Crippen LogP contribution in [-0.2, 0) is 32.7 Å². The maximum atomic E-state index is 12.6. The van der Waals surface area contributed by atoms with Crippen molar-refractivity contribution in [2.75, 3.05) is 47.5 Å². The molecule has 0 amide bonds. The molecule has 0 aliphatic heterocycles. The second-order valence-corrected chi connectivity index (χ2v) is 16.5. The monoisotopic (exact) mass is 744 g/mol. The van der Waals surface area contributed by atoms with Crippen LogP contribution in [0, 0.1) is 0 Å². The summed E-state index contributed by atoms with van der Waals surface area (Å²) >= 11 is 0. The van der Waals surface area contributed by atoms with E-state index in [1.165, 1.54) is 83.5 Å². The van der Waals surface area contributed by atoms with Gasteiger partial charge in [-0.25, -0.2) is 0 Å². The third-order valence-electron chi connectivity index (χ3n) is 8.84. The number of ether oxygens (including phenoxy) is 2. The molecule has 0 spiro atoms. The molecule has 0 N–H and O–H groups in total. The molecule has 0 saturated heterocycles. The number of hydrogen-bond donors (Lipinski definition) is 0. The molecule has 0 aliphatic carbocycles. The first-order valence-electron chi connectivity index (χ1n) is 20.5. The van der Waals surface area contributed by atoms with Gasteiger partial charge in [0.15, 0.2) is 6.10 Å². The lowest BCUT2D eigenvalue weighted by Crippen LogP contribution is -2.37. The Hall–Kier alpha value is -1.51. The van der Waals surface area contributed by atoms with Gasteiger partial charge < -0.3 is 27.9 Å². The highest BCUT2D eigenvalue weighted by molar-refractivity contribution is 7.45. The molecule has 0 heterocycles. The smallest absolute Gasteiger partial charge is 0.306 e. The van der Waals surface area contributed by atoms with Crippen LogP contribution in [0.2, 0.25) is 0 Å². The van der Waals surface area contributed by atoms with E-state index in [9.17, 15) is 19.0 Å². The highest BCUT2D eigenvalue weighted by Crippen LogP contribution is 2.38. The number of unbranched alkanes of at least 4 members (excludes halogenated alkanes) is 21. The summed E-state index contributed by atoms with van der Waals surface area (Å²) in [6.07, 6.45) is 33.8. The SMILES string of the molecule is C=CCCCCCCCCCCCCCCCC(=O)O[C@H](COC(=O)CCCCCCC/C=C/CCCCC)COP(=O)([O-])OCC[N+](C)(C)C. The normalized spacial score (nSPS) is 13.7. The molecule has 9 nitrogen and oxygen atoms in total. The molecule has 0 aromatic rings. The standard InChI is InChI=1S/C41H78NO8P/c1-6-8-10-12-14-16-18-20-21-22-24-26-28-30-32-34-41(44)50-39(38-49-51(45,46)48-36-35-42(3,4)5)37-47-40(43)33-31-29-27-25-23-19-17-15-13-11-9-7-2/h6,15,17,39H,1,7-14,16,18-38H2,2-5H3/b17-15+/t39-/m1/s1. The Morgan fingerprint density at radius 2 is 1.10 bits per heavy atom. The summed E-state index contributed by atoms with van der Waals surface area (Å²) in [5, 5.41) is 0. The zero-order valence-corrected chi connectivity index (χ0v) is 34.3. The van der Waals surface area contributed by atoms with E-state index in [-0.39, 0.29) is 26.1 Å². The molecule has 1 unspecified atom stereocenters. The van der Waals surface area contributed by atoms with Crippen LogP contribution in [0.15, 0.2) is 24.8 Å². The molecular formula is C41H78NO8P. The van der Waals surface area contributed by atoms with Crippen LogP contribution in [0.1, 0.15) is 174 Å². The van der Waals surface area contributed by atoms with Gasteiger partial charge in [-0.15, -0.1) is 6.58 Å². The predicted octanol–water partition coefficient (Wildman–Crippen LogP) is 10.6. The molecule has 0 aliphatic rings. The molecule has 300 valence electrons. The summed E-state index contributed by atoms with van der Waals surface area (Å²) in [6, 6.07) is 0. The Morgan fingerprint density at radius 1 is 0.647 bits per heavy atom. The minimum Gasteiger partial charge on any atom is -0.756 e. The largest absolute Gasteiger partial charge is 0.756 e. The first-order chi connectivity index (χ1) is 24.5.